The van der Waals surface area contributed by atoms with Crippen LogP contribution in [0.2, 0.25) is 0 Å². The number of thiazole rings is 1. The number of likely N-dealkylation sites (N-methyl/N-ethyl adjacent to an activating group) is 1. The van der Waals surface area contributed by atoms with Crippen molar-refractivity contribution in [1.82, 2.24) is 15.2 Å². The average molecular weight is 505 g/mol. The van der Waals surface area contributed by atoms with Crippen LogP contribution >= 0.6 is 23.7 Å². The summed E-state index contributed by atoms with van der Waals surface area (Å²) in [6.45, 7) is 4.42. The third-order valence-corrected chi connectivity index (χ3v) is 7.12. The summed E-state index contributed by atoms with van der Waals surface area (Å²) in [5, 5.41) is 7.01. The van der Waals surface area contributed by atoms with E-state index in [0.717, 1.165) is 60.6 Å². The second kappa shape index (κ2) is 12.5. The predicted octanol–water partition coefficient (Wildman–Crippen LogP) is 4.52. The van der Waals surface area contributed by atoms with Gasteiger partial charge in [-0.2, -0.15) is 0 Å². The van der Waals surface area contributed by atoms with E-state index in [1.807, 2.05) is 30.3 Å². The zero-order chi connectivity index (χ0) is 23.2. The van der Waals surface area contributed by atoms with E-state index in [1.165, 1.54) is 16.9 Å². The highest BCUT2D eigenvalue weighted by molar-refractivity contribution is 7.22. The number of amides is 1. The maximum Gasteiger partial charge on any atom is 0.257 e. The molecular weight excluding hydrogens is 472 g/mol. The highest BCUT2D eigenvalue weighted by Gasteiger charge is 2.22. The summed E-state index contributed by atoms with van der Waals surface area (Å²) < 4.78 is 11.8. The van der Waals surface area contributed by atoms with Crippen LogP contribution in [0.5, 0.6) is 5.75 Å². The Morgan fingerprint density at radius 1 is 1.18 bits per heavy atom. The summed E-state index contributed by atoms with van der Waals surface area (Å²) in [7, 11) is 5.42. The molecule has 1 saturated heterocycles. The molecule has 3 aromatic rings. The summed E-state index contributed by atoms with van der Waals surface area (Å²) in [4.78, 5) is 19.8. The van der Waals surface area contributed by atoms with Crippen LogP contribution in [-0.4, -0.2) is 63.3 Å². The first-order valence-electron chi connectivity index (χ1n) is 11.3. The van der Waals surface area contributed by atoms with Crippen LogP contribution in [0.3, 0.4) is 0 Å². The highest BCUT2D eigenvalue weighted by atomic mass is 35.5. The van der Waals surface area contributed by atoms with Crippen molar-refractivity contribution in [1.29, 1.82) is 0 Å². The van der Waals surface area contributed by atoms with Crippen LogP contribution < -0.4 is 15.4 Å². The Morgan fingerprint density at radius 3 is 2.59 bits per heavy atom. The van der Waals surface area contributed by atoms with Crippen molar-refractivity contribution in [3.8, 4) is 5.75 Å². The lowest BCUT2D eigenvalue weighted by Crippen LogP contribution is -2.26. The first-order valence-corrected chi connectivity index (χ1v) is 12.2. The number of benzene rings is 2. The van der Waals surface area contributed by atoms with Gasteiger partial charge in [-0.05, 0) is 68.2 Å². The van der Waals surface area contributed by atoms with Crippen molar-refractivity contribution in [2.24, 2.45) is 0 Å². The molecular formula is C25H33ClN4O3S. The number of hydrogen-bond donors (Lipinski definition) is 2. The number of aromatic nitrogens is 1. The van der Waals surface area contributed by atoms with Gasteiger partial charge >= 0.3 is 0 Å². The number of fused-ring (bicyclic) bond motifs is 1. The number of methoxy groups -OCH3 is 2. The number of nitrogens with zero attached hydrogens (tertiary/aromatic N) is 2. The molecule has 1 aliphatic heterocycles. The average Bonchev–Trinajstić information content (AvgIpc) is 3.26. The Balaban J connectivity index is 0.00000324. The minimum Gasteiger partial charge on any atom is -0.494 e. The van der Waals surface area contributed by atoms with Gasteiger partial charge in [0.2, 0.25) is 0 Å². The number of anilines is 1. The number of hydrogen-bond acceptors (Lipinski definition) is 7. The molecule has 1 amide bonds. The SMILES string of the molecule is COCCN(C)Cc1ccc(C(=O)Nc2nc3c(OC)ccc(C4CCNCC4)c3s2)cc1.Cl. The molecule has 0 saturated carbocycles. The smallest absolute Gasteiger partial charge is 0.257 e. The van der Waals surface area contributed by atoms with Crippen LogP contribution in [0, 0.1) is 0 Å². The van der Waals surface area contributed by atoms with Crippen LogP contribution in [0.1, 0.15) is 40.2 Å². The zero-order valence-electron chi connectivity index (χ0n) is 19.9. The lowest BCUT2D eigenvalue weighted by atomic mass is 9.90. The number of carbonyl (C=O) groups is 1. The van der Waals surface area contributed by atoms with Gasteiger partial charge in [0.15, 0.2) is 5.13 Å². The summed E-state index contributed by atoms with van der Waals surface area (Å²) in [5.74, 6) is 1.08. The highest BCUT2D eigenvalue weighted by Crippen LogP contribution is 2.40. The summed E-state index contributed by atoms with van der Waals surface area (Å²) in [5.41, 5.74) is 3.89. The second-order valence-electron chi connectivity index (χ2n) is 8.46. The normalized spacial score (nSPS) is 14.2. The molecule has 7 nitrogen and oxygen atoms in total. The minimum atomic E-state index is -0.157. The van der Waals surface area contributed by atoms with Crippen molar-refractivity contribution in [2.75, 3.05) is 52.8 Å². The first-order chi connectivity index (χ1) is 16.1. The fraction of sp³-hybridized carbons (Fsp3) is 0.440. The molecule has 184 valence electrons. The number of nitrogens with one attached hydrogen (secondary N) is 2. The molecule has 4 rings (SSSR count). The molecule has 2 heterocycles. The second-order valence-corrected chi connectivity index (χ2v) is 9.46. The standard InChI is InChI=1S/C25H32N4O3S.ClH/c1-29(14-15-31-2)16-17-4-6-19(7-5-17)24(30)28-25-27-22-21(32-3)9-8-20(23(22)33-25)18-10-12-26-13-11-18;/h4-9,18,26H,10-16H2,1-3H3,(H,27,28,30);1H. The van der Waals surface area contributed by atoms with Gasteiger partial charge in [0.25, 0.3) is 5.91 Å². The van der Waals surface area contributed by atoms with Gasteiger partial charge in [0.1, 0.15) is 11.3 Å². The number of carbonyl (C=O) groups excluding carboxylic acids is 1. The maximum absolute atomic E-state index is 12.9. The third-order valence-electron chi connectivity index (χ3n) is 6.10. The number of ether oxygens (including phenoxy) is 2. The topological polar surface area (TPSA) is 75.7 Å². The molecule has 0 radical (unpaired) electrons. The number of rotatable bonds is 9. The number of piperidine rings is 1. The summed E-state index contributed by atoms with van der Waals surface area (Å²) in [6.07, 6.45) is 2.21. The van der Waals surface area contributed by atoms with Crippen molar-refractivity contribution in [3.63, 3.8) is 0 Å². The van der Waals surface area contributed by atoms with E-state index in [1.54, 1.807) is 14.2 Å². The quantitative estimate of drug-likeness (QED) is 0.446. The van der Waals surface area contributed by atoms with Gasteiger partial charge in [0, 0.05) is 25.8 Å². The monoisotopic (exact) mass is 504 g/mol. The van der Waals surface area contributed by atoms with Gasteiger partial charge in [0.05, 0.1) is 18.4 Å². The van der Waals surface area contributed by atoms with Gasteiger partial charge in [-0.3, -0.25) is 15.0 Å². The molecule has 0 aliphatic carbocycles. The molecule has 0 bridgehead atoms. The van der Waals surface area contributed by atoms with E-state index in [0.29, 0.717) is 23.2 Å². The van der Waals surface area contributed by atoms with E-state index < -0.39 is 0 Å². The van der Waals surface area contributed by atoms with Crippen LogP contribution in [0.4, 0.5) is 5.13 Å². The lowest BCUT2D eigenvalue weighted by molar-refractivity contribution is 0.102. The maximum atomic E-state index is 12.9. The molecule has 1 fully saturated rings. The predicted molar refractivity (Wildman–Crippen MR) is 141 cm³/mol. The molecule has 0 atom stereocenters. The third kappa shape index (κ3) is 6.25. The molecule has 2 N–H and O–H groups in total. The van der Waals surface area contributed by atoms with Crippen LogP contribution in [0.15, 0.2) is 36.4 Å². The molecule has 9 heteroatoms. The minimum absolute atomic E-state index is 0. The fourth-order valence-electron chi connectivity index (χ4n) is 4.24. The van der Waals surface area contributed by atoms with E-state index in [9.17, 15) is 4.79 Å². The van der Waals surface area contributed by atoms with E-state index in [-0.39, 0.29) is 18.3 Å². The van der Waals surface area contributed by atoms with Gasteiger partial charge in [-0.1, -0.05) is 29.5 Å². The Labute approximate surface area is 211 Å². The molecule has 0 unspecified atom stereocenters. The molecule has 1 aromatic heterocycles. The van der Waals surface area contributed by atoms with Crippen molar-refractivity contribution < 1.29 is 14.3 Å². The molecule has 1 aliphatic rings. The summed E-state index contributed by atoms with van der Waals surface area (Å²) in [6, 6.07) is 11.9. The Bertz CT molecular complexity index is 1080. The zero-order valence-corrected chi connectivity index (χ0v) is 21.6. The van der Waals surface area contributed by atoms with E-state index in [2.05, 4.69) is 28.6 Å². The van der Waals surface area contributed by atoms with Crippen LogP contribution in [-0.2, 0) is 11.3 Å². The molecule has 2 aromatic carbocycles. The van der Waals surface area contributed by atoms with Crippen LogP contribution in [0.25, 0.3) is 10.2 Å². The Hall–Kier alpha value is -2.23. The largest absolute Gasteiger partial charge is 0.494 e. The Morgan fingerprint density at radius 2 is 1.91 bits per heavy atom. The van der Waals surface area contributed by atoms with Crippen molar-refractivity contribution >= 4 is 45.0 Å². The fourth-order valence-corrected chi connectivity index (χ4v) is 5.31. The van der Waals surface area contributed by atoms with Gasteiger partial charge in [-0.15, -0.1) is 12.4 Å². The van der Waals surface area contributed by atoms with E-state index >= 15 is 0 Å². The van der Waals surface area contributed by atoms with Crippen molar-refractivity contribution in [2.45, 2.75) is 25.3 Å². The lowest BCUT2D eigenvalue weighted by Gasteiger charge is -2.23. The molecule has 34 heavy (non-hydrogen) atoms. The summed E-state index contributed by atoms with van der Waals surface area (Å²) >= 11 is 1.53. The first kappa shape index (κ1) is 26.4. The number of halogens is 1. The Kier molecular flexibility index (Phi) is 9.67. The van der Waals surface area contributed by atoms with Gasteiger partial charge < -0.3 is 14.8 Å². The molecule has 0 spiro atoms. The van der Waals surface area contributed by atoms with E-state index in [4.69, 9.17) is 14.5 Å². The van der Waals surface area contributed by atoms with Crippen molar-refractivity contribution in [3.05, 3.63) is 53.1 Å². The van der Waals surface area contributed by atoms with Gasteiger partial charge in [-0.25, -0.2) is 4.98 Å².